The Morgan fingerprint density at radius 1 is 1.19 bits per heavy atom. The van der Waals surface area contributed by atoms with Gasteiger partial charge in [-0.25, -0.2) is 4.98 Å². The summed E-state index contributed by atoms with van der Waals surface area (Å²) in [5.41, 5.74) is 2.67. The van der Waals surface area contributed by atoms with Crippen LogP contribution in [0, 0.1) is 5.92 Å². The van der Waals surface area contributed by atoms with E-state index in [0.717, 1.165) is 29.7 Å². The fraction of sp³-hybridized carbons (Fsp3) is 0.333. The summed E-state index contributed by atoms with van der Waals surface area (Å²) in [6.45, 7) is 0.531. The van der Waals surface area contributed by atoms with Gasteiger partial charge in [0.15, 0.2) is 0 Å². The molecule has 4 rings (SSSR count). The minimum absolute atomic E-state index is 0.00834. The van der Waals surface area contributed by atoms with Crippen LogP contribution in [0.5, 0.6) is 0 Å². The summed E-state index contributed by atoms with van der Waals surface area (Å²) < 4.78 is 1.93. The normalized spacial score (nSPS) is 15.1. The summed E-state index contributed by atoms with van der Waals surface area (Å²) in [6.07, 6.45) is 6.24. The van der Waals surface area contributed by atoms with Gasteiger partial charge >= 0.3 is 0 Å². The lowest BCUT2D eigenvalue weighted by molar-refractivity contribution is -0.135. The van der Waals surface area contributed by atoms with Gasteiger partial charge in [0, 0.05) is 18.9 Å². The van der Waals surface area contributed by atoms with E-state index in [-0.39, 0.29) is 25.0 Å². The van der Waals surface area contributed by atoms with Crippen LogP contribution in [-0.4, -0.2) is 37.9 Å². The standard InChI is InChI=1S/C21H23N3O2/c25-15-19(17-9-10-17)24(13-16-6-2-1-3-7-16)21(26)12-18-14-23-11-5-4-8-20(23)22-18/h1-8,11,14,17,19,25H,9-10,12-13,15H2. The molecule has 5 heteroatoms. The quantitative estimate of drug-likeness (QED) is 0.713. The number of amides is 1. The van der Waals surface area contributed by atoms with Crippen LogP contribution < -0.4 is 0 Å². The molecule has 134 valence electrons. The zero-order valence-corrected chi connectivity index (χ0v) is 14.7. The molecule has 1 aliphatic carbocycles. The number of pyridine rings is 1. The molecule has 0 saturated heterocycles. The molecule has 0 radical (unpaired) electrons. The van der Waals surface area contributed by atoms with E-state index < -0.39 is 0 Å². The summed E-state index contributed by atoms with van der Waals surface area (Å²) in [5.74, 6) is 0.428. The van der Waals surface area contributed by atoms with E-state index in [1.807, 2.05) is 70.2 Å². The van der Waals surface area contributed by atoms with Gasteiger partial charge in [-0.15, -0.1) is 0 Å². The Kier molecular flexibility index (Phi) is 4.71. The first kappa shape index (κ1) is 16.8. The number of aromatic nitrogens is 2. The maximum absolute atomic E-state index is 13.1. The molecule has 26 heavy (non-hydrogen) atoms. The molecule has 3 aromatic rings. The minimum Gasteiger partial charge on any atom is -0.394 e. The van der Waals surface area contributed by atoms with Crippen LogP contribution in [0.4, 0.5) is 0 Å². The van der Waals surface area contributed by atoms with E-state index in [9.17, 15) is 9.90 Å². The van der Waals surface area contributed by atoms with Gasteiger partial charge in [0.25, 0.3) is 0 Å². The highest BCUT2D eigenvalue weighted by molar-refractivity contribution is 5.79. The van der Waals surface area contributed by atoms with Crippen LogP contribution >= 0.6 is 0 Å². The number of hydrogen-bond donors (Lipinski definition) is 1. The van der Waals surface area contributed by atoms with E-state index in [4.69, 9.17) is 0 Å². The van der Waals surface area contributed by atoms with Crippen LogP contribution in [0.25, 0.3) is 5.65 Å². The molecule has 1 unspecified atom stereocenters. The third-order valence-electron chi connectivity index (χ3n) is 5.02. The molecule has 0 spiro atoms. The van der Waals surface area contributed by atoms with Gasteiger partial charge in [0.05, 0.1) is 24.8 Å². The molecule has 0 bridgehead atoms. The zero-order chi connectivity index (χ0) is 17.9. The van der Waals surface area contributed by atoms with E-state index in [1.165, 1.54) is 0 Å². The Balaban J connectivity index is 1.56. The Morgan fingerprint density at radius 2 is 1.96 bits per heavy atom. The molecule has 0 aliphatic heterocycles. The molecule has 1 aromatic carbocycles. The van der Waals surface area contributed by atoms with E-state index in [0.29, 0.717) is 12.5 Å². The third kappa shape index (κ3) is 3.63. The molecule has 1 amide bonds. The Morgan fingerprint density at radius 3 is 2.65 bits per heavy atom. The molecule has 2 aromatic heterocycles. The fourth-order valence-electron chi connectivity index (χ4n) is 3.48. The van der Waals surface area contributed by atoms with Crippen molar-refractivity contribution in [1.82, 2.24) is 14.3 Å². The number of carbonyl (C=O) groups excluding carboxylic acids is 1. The first-order chi connectivity index (χ1) is 12.7. The van der Waals surface area contributed by atoms with Gasteiger partial charge in [0.1, 0.15) is 5.65 Å². The second-order valence-corrected chi connectivity index (χ2v) is 6.97. The Labute approximate surface area is 152 Å². The fourth-order valence-corrected chi connectivity index (χ4v) is 3.48. The lowest BCUT2D eigenvalue weighted by Gasteiger charge is -2.31. The maximum Gasteiger partial charge on any atom is 0.229 e. The van der Waals surface area contributed by atoms with Gasteiger partial charge in [-0.3, -0.25) is 4.79 Å². The van der Waals surface area contributed by atoms with Crippen molar-refractivity contribution in [3.8, 4) is 0 Å². The highest BCUT2D eigenvalue weighted by Gasteiger charge is 2.37. The largest absolute Gasteiger partial charge is 0.394 e. The number of aliphatic hydroxyl groups is 1. The minimum atomic E-state index is -0.111. The number of aliphatic hydroxyl groups excluding tert-OH is 1. The van der Waals surface area contributed by atoms with Crippen molar-refractivity contribution in [2.45, 2.75) is 31.8 Å². The van der Waals surface area contributed by atoms with Crippen molar-refractivity contribution in [2.24, 2.45) is 5.92 Å². The highest BCUT2D eigenvalue weighted by Crippen LogP contribution is 2.36. The second kappa shape index (κ2) is 7.30. The van der Waals surface area contributed by atoms with Crippen LogP contribution in [0.3, 0.4) is 0 Å². The average molecular weight is 349 g/mol. The number of nitrogens with zero attached hydrogens (tertiary/aromatic N) is 3. The summed E-state index contributed by atoms with van der Waals surface area (Å²) in [6, 6.07) is 15.7. The average Bonchev–Trinajstić information content (AvgIpc) is 3.41. The van der Waals surface area contributed by atoms with Gasteiger partial charge in [-0.2, -0.15) is 0 Å². The number of imidazole rings is 1. The topological polar surface area (TPSA) is 57.8 Å². The number of rotatable bonds is 7. The molecule has 1 fully saturated rings. The summed E-state index contributed by atoms with van der Waals surface area (Å²) in [7, 11) is 0. The van der Waals surface area contributed by atoms with Crippen LogP contribution in [0.15, 0.2) is 60.9 Å². The molecule has 1 saturated carbocycles. The van der Waals surface area contributed by atoms with Crippen LogP contribution in [-0.2, 0) is 17.8 Å². The molecular formula is C21H23N3O2. The highest BCUT2D eigenvalue weighted by atomic mass is 16.3. The Bertz CT molecular complexity index is 853. The Hall–Kier alpha value is -2.66. The van der Waals surface area contributed by atoms with E-state index >= 15 is 0 Å². The molecular weight excluding hydrogens is 326 g/mol. The SMILES string of the molecule is O=C(Cc1cn2ccccc2n1)N(Cc1ccccc1)C(CO)C1CC1. The number of fused-ring (bicyclic) bond motifs is 1. The van der Waals surface area contributed by atoms with Gasteiger partial charge < -0.3 is 14.4 Å². The lowest BCUT2D eigenvalue weighted by atomic mass is 10.1. The summed E-state index contributed by atoms with van der Waals surface area (Å²) >= 11 is 0. The summed E-state index contributed by atoms with van der Waals surface area (Å²) in [5, 5.41) is 9.90. The van der Waals surface area contributed by atoms with Crippen LogP contribution in [0.1, 0.15) is 24.1 Å². The van der Waals surface area contributed by atoms with Crippen molar-refractivity contribution < 1.29 is 9.90 Å². The summed E-state index contributed by atoms with van der Waals surface area (Å²) in [4.78, 5) is 19.5. The zero-order valence-electron chi connectivity index (χ0n) is 14.7. The van der Waals surface area contributed by atoms with Crippen LogP contribution in [0.2, 0.25) is 0 Å². The van der Waals surface area contributed by atoms with Crippen molar-refractivity contribution in [1.29, 1.82) is 0 Å². The molecule has 1 atom stereocenters. The van der Waals surface area contributed by atoms with Crippen molar-refractivity contribution in [3.63, 3.8) is 0 Å². The van der Waals surface area contributed by atoms with Gasteiger partial charge in [-0.05, 0) is 36.5 Å². The first-order valence-corrected chi connectivity index (χ1v) is 9.11. The third-order valence-corrected chi connectivity index (χ3v) is 5.02. The van der Waals surface area contributed by atoms with Gasteiger partial charge in [0.2, 0.25) is 5.91 Å². The van der Waals surface area contributed by atoms with Crippen molar-refractivity contribution >= 4 is 11.6 Å². The maximum atomic E-state index is 13.1. The van der Waals surface area contributed by atoms with Crippen molar-refractivity contribution in [2.75, 3.05) is 6.61 Å². The molecule has 1 N–H and O–H groups in total. The first-order valence-electron chi connectivity index (χ1n) is 9.11. The number of carbonyl (C=O) groups is 1. The van der Waals surface area contributed by atoms with E-state index in [2.05, 4.69) is 4.98 Å². The van der Waals surface area contributed by atoms with Gasteiger partial charge in [-0.1, -0.05) is 36.4 Å². The molecule has 1 aliphatic rings. The molecule has 5 nitrogen and oxygen atoms in total. The second-order valence-electron chi connectivity index (χ2n) is 6.97. The number of benzene rings is 1. The lowest BCUT2D eigenvalue weighted by Crippen LogP contribution is -2.44. The molecule has 2 heterocycles. The predicted octanol–water partition coefficient (Wildman–Crippen LogP) is 2.68. The smallest absolute Gasteiger partial charge is 0.229 e. The van der Waals surface area contributed by atoms with Crippen molar-refractivity contribution in [3.05, 3.63) is 72.2 Å². The number of hydrogen-bond acceptors (Lipinski definition) is 3. The van der Waals surface area contributed by atoms with E-state index in [1.54, 1.807) is 0 Å². The predicted molar refractivity (Wildman–Crippen MR) is 99.5 cm³/mol. The monoisotopic (exact) mass is 349 g/mol.